The maximum Gasteiger partial charge on any atom is 0.0556 e. The number of nitrogens with zero attached hydrogens (tertiary/aromatic N) is 2. The van der Waals surface area contributed by atoms with Gasteiger partial charge in [0.2, 0.25) is 0 Å². The van der Waals surface area contributed by atoms with E-state index in [1.54, 1.807) is 0 Å². The van der Waals surface area contributed by atoms with Gasteiger partial charge in [0.1, 0.15) is 0 Å². The highest BCUT2D eigenvalue weighted by Gasteiger charge is 2.30. The first-order valence-electron chi connectivity index (χ1n) is 8.42. The van der Waals surface area contributed by atoms with Gasteiger partial charge in [-0.1, -0.05) is 20.8 Å². The predicted octanol–water partition coefficient (Wildman–Crippen LogP) is 4.02. The standard InChI is InChI=1S/C17H31N3/c1-5-18-17(16-11-12-19-20(16)6-2)15-9-7-14(8-10-15)13(3)4/h11-15,17-18H,5-10H2,1-4H3. The van der Waals surface area contributed by atoms with Crippen LogP contribution in [0.3, 0.4) is 0 Å². The number of rotatable bonds is 6. The summed E-state index contributed by atoms with van der Waals surface area (Å²) >= 11 is 0. The second kappa shape index (κ2) is 7.26. The van der Waals surface area contributed by atoms with Gasteiger partial charge >= 0.3 is 0 Å². The number of hydrogen-bond acceptors (Lipinski definition) is 2. The van der Waals surface area contributed by atoms with Gasteiger partial charge in [-0.25, -0.2) is 0 Å². The van der Waals surface area contributed by atoms with Gasteiger partial charge < -0.3 is 5.32 Å². The highest BCUT2D eigenvalue weighted by atomic mass is 15.3. The van der Waals surface area contributed by atoms with E-state index in [1.165, 1.54) is 31.4 Å². The molecule has 3 heteroatoms. The highest BCUT2D eigenvalue weighted by Crippen LogP contribution is 2.39. The van der Waals surface area contributed by atoms with E-state index in [0.29, 0.717) is 6.04 Å². The second-order valence-corrected chi connectivity index (χ2v) is 6.53. The molecule has 1 aliphatic carbocycles. The van der Waals surface area contributed by atoms with Crippen LogP contribution in [-0.4, -0.2) is 16.3 Å². The van der Waals surface area contributed by atoms with Crippen molar-refractivity contribution >= 4 is 0 Å². The summed E-state index contributed by atoms with van der Waals surface area (Å²) in [6.07, 6.45) is 7.45. The Balaban J connectivity index is 2.06. The Morgan fingerprint density at radius 2 is 1.85 bits per heavy atom. The second-order valence-electron chi connectivity index (χ2n) is 6.53. The van der Waals surface area contributed by atoms with E-state index in [4.69, 9.17) is 0 Å². The van der Waals surface area contributed by atoms with Crippen molar-refractivity contribution in [2.75, 3.05) is 6.54 Å². The normalized spacial score (nSPS) is 25.1. The molecule has 1 heterocycles. The molecule has 1 N–H and O–H groups in total. The Kier molecular flexibility index (Phi) is 5.64. The first-order chi connectivity index (χ1) is 9.67. The van der Waals surface area contributed by atoms with E-state index in [1.807, 2.05) is 6.20 Å². The van der Waals surface area contributed by atoms with Crippen molar-refractivity contribution in [2.24, 2.45) is 17.8 Å². The van der Waals surface area contributed by atoms with Crippen molar-refractivity contribution in [3.63, 3.8) is 0 Å². The molecular weight excluding hydrogens is 246 g/mol. The zero-order valence-corrected chi connectivity index (χ0v) is 13.6. The molecule has 0 radical (unpaired) electrons. The van der Waals surface area contributed by atoms with E-state index >= 15 is 0 Å². The predicted molar refractivity (Wildman–Crippen MR) is 84.6 cm³/mol. The van der Waals surface area contributed by atoms with Crippen LogP contribution in [0.1, 0.15) is 65.1 Å². The lowest BCUT2D eigenvalue weighted by molar-refractivity contribution is 0.186. The van der Waals surface area contributed by atoms with E-state index in [0.717, 1.165) is 30.8 Å². The minimum Gasteiger partial charge on any atom is -0.309 e. The summed E-state index contributed by atoms with van der Waals surface area (Å²) in [6, 6.07) is 2.68. The third-order valence-corrected chi connectivity index (χ3v) is 5.02. The van der Waals surface area contributed by atoms with Gasteiger partial charge in [-0.2, -0.15) is 5.10 Å². The van der Waals surface area contributed by atoms with E-state index in [2.05, 4.69) is 48.9 Å². The molecule has 0 bridgehead atoms. The molecule has 1 aromatic heterocycles. The van der Waals surface area contributed by atoms with Crippen LogP contribution in [0.5, 0.6) is 0 Å². The number of nitrogens with one attached hydrogen (secondary N) is 1. The minimum absolute atomic E-state index is 0.482. The smallest absolute Gasteiger partial charge is 0.0556 e. The summed E-state index contributed by atoms with van der Waals surface area (Å²) in [5.74, 6) is 2.55. The third kappa shape index (κ3) is 3.43. The van der Waals surface area contributed by atoms with Gasteiger partial charge in [-0.15, -0.1) is 0 Å². The SMILES string of the molecule is CCNC(c1ccnn1CC)C1CCC(C(C)C)CC1. The highest BCUT2D eigenvalue weighted by molar-refractivity contribution is 5.09. The fourth-order valence-corrected chi connectivity index (χ4v) is 3.75. The number of aromatic nitrogens is 2. The average Bonchev–Trinajstić information content (AvgIpc) is 2.93. The molecule has 20 heavy (non-hydrogen) atoms. The van der Waals surface area contributed by atoms with Crippen LogP contribution in [0.4, 0.5) is 0 Å². The Labute approximate surface area is 124 Å². The first-order valence-corrected chi connectivity index (χ1v) is 8.42. The molecular formula is C17H31N3. The van der Waals surface area contributed by atoms with Crippen LogP contribution in [0.15, 0.2) is 12.3 Å². The average molecular weight is 277 g/mol. The van der Waals surface area contributed by atoms with Crippen LogP contribution in [-0.2, 0) is 6.54 Å². The summed E-state index contributed by atoms with van der Waals surface area (Å²) < 4.78 is 2.15. The van der Waals surface area contributed by atoms with Gasteiger partial charge in [0.15, 0.2) is 0 Å². The van der Waals surface area contributed by atoms with E-state index in [9.17, 15) is 0 Å². The summed E-state index contributed by atoms with van der Waals surface area (Å²) in [7, 11) is 0. The topological polar surface area (TPSA) is 29.9 Å². The van der Waals surface area contributed by atoms with Crippen molar-refractivity contribution in [1.29, 1.82) is 0 Å². The molecule has 114 valence electrons. The van der Waals surface area contributed by atoms with Crippen LogP contribution < -0.4 is 5.32 Å². The maximum atomic E-state index is 4.45. The van der Waals surface area contributed by atoms with Crippen LogP contribution in [0.25, 0.3) is 0 Å². The summed E-state index contributed by atoms with van der Waals surface area (Å²) in [4.78, 5) is 0. The zero-order chi connectivity index (χ0) is 14.5. The molecule has 1 unspecified atom stereocenters. The van der Waals surface area contributed by atoms with Gasteiger partial charge in [0.05, 0.1) is 11.7 Å². The molecule has 1 aliphatic rings. The third-order valence-electron chi connectivity index (χ3n) is 5.02. The summed E-state index contributed by atoms with van der Waals surface area (Å²) in [5.41, 5.74) is 1.38. The van der Waals surface area contributed by atoms with Gasteiger partial charge in [-0.05, 0) is 63.0 Å². The number of aryl methyl sites for hydroxylation is 1. The van der Waals surface area contributed by atoms with Crippen LogP contribution in [0, 0.1) is 17.8 Å². The van der Waals surface area contributed by atoms with E-state index in [-0.39, 0.29) is 0 Å². The first kappa shape index (κ1) is 15.6. The Morgan fingerprint density at radius 3 is 2.40 bits per heavy atom. The molecule has 1 atom stereocenters. The van der Waals surface area contributed by atoms with Crippen molar-refractivity contribution in [1.82, 2.24) is 15.1 Å². The van der Waals surface area contributed by atoms with Crippen molar-refractivity contribution in [2.45, 2.75) is 66.0 Å². The van der Waals surface area contributed by atoms with E-state index < -0.39 is 0 Å². The molecule has 0 spiro atoms. The fourth-order valence-electron chi connectivity index (χ4n) is 3.75. The van der Waals surface area contributed by atoms with Crippen LogP contribution in [0.2, 0.25) is 0 Å². The van der Waals surface area contributed by atoms with Gasteiger partial charge in [0, 0.05) is 12.7 Å². The molecule has 0 aromatic carbocycles. The Morgan fingerprint density at radius 1 is 1.20 bits per heavy atom. The molecule has 1 aromatic rings. The minimum atomic E-state index is 0.482. The Hall–Kier alpha value is -0.830. The largest absolute Gasteiger partial charge is 0.309 e. The quantitative estimate of drug-likeness (QED) is 0.851. The molecule has 0 aliphatic heterocycles. The number of hydrogen-bond donors (Lipinski definition) is 1. The lowest BCUT2D eigenvalue weighted by Gasteiger charge is -2.36. The van der Waals surface area contributed by atoms with Gasteiger partial charge in [0.25, 0.3) is 0 Å². The van der Waals surface area contributed by atoms with Crippen LogP contribution >= 0.6 is 0 Å². The molecule has 1 fully saturated rings. The van der Waals surface area contributed by atoms with Crippen molar-refractivity contribution < 1.29 is 0 Å². The molecule has 0 amide bonds. The van der Waals surface area contributed by atoms with Crippen molar-refractivity contribution in [3.8, 4) is 0 Å². The lowest BCUT2D eigenvalue weighted by Crippen LogP contribution is -2.33. The molecule has 1 saturated carbocycles. The molecule has 2 rings (SSSR count). The molecule has 3 nitrogen and oxygen atoms in total. The fraction of sp³-hybridized carbons (Fsp3) is 0.824. The van der Waals surface area contributed by atoms with Gasteiger partial charge in [-0.3, -0.25) is 4.68 Å². The summed E-state index contributed by atoms with van der Waals surface area (Å²) in [6.45, 7) is 11.1. The zero-order valence-electron chi connectivity index (χ0n) is 13.6. The Bertz CT molecular complexity index is 389. The maximum absolute atomic E-state index is 4.45. The monoisotopic (exact) mass is 277 g/mol. The summed E-state index contributed by atoms with van der Waals surface area (Å²) in [5, 5.41) is 8.17. The van der Waals surface area contributed by atoms with Crippen molar-refractivity contribution in [3.05, 3.63) is 18.0 Å². The molecule has 0 saturated heterocycles. The lowest BCUT2D eigenvalue weighted by atomic mass is 9.74.